The van der Waals surface area contributed by atoms with Gasteiger partial charge in [0.05, 0.1) is 25.9 Å². The standard InChI is InChI=1S/C12H19BO4/c1-10(2)17-8-7-16-9-11-5-3-4-6-12(11)13(14)15/h3-6,10,14-15H,7-9H2,1-2H3. The van der Waals surface area contributed by atoms with Crippen molar-refractivity contribution in [3.8, 4) is 0 Å². The lowest BCUT2D eigenvalue weighted by Crippen LogP contribution is -2.33. The van der Waals surface area contributed by atoms with Gasteiger partial charge in [-0.15, -0.1) is 0 Å². The third kappa shape index (κ3) is 5.32. The maximum absolute atomic E-state index is 9.16. The second kappa shape index (κ2) is 7.45. The molecule has 0 saturated heterocycles. The van der Waals surface area contributed by atoms with Crippen molar-refractivity contribution in [2.45, 2.75) is 26.6 Å². The van der Waals surface area contributed by atoms with E-state index in [0.717, 1.165) is 5.56 Å². The van der Waals surface area contributed by atoms with Crippen molar-refractivity contribution >= 4 is 12.6 Å². The van der Waals surface area contributed by atoms with Crippen LogP contribution in [0, 0.1) is 0 Å². The van der Waals surface area contributed by atoms with Gasteiger partial charge in [-0.2, -0.15) is 0 Å². The molecule has 0 spiro atoms. The number of hydrogen-bond donors (Lipinski definition) is 2. The van der Waals surface area contributed by atoms with Crippen LogP contribution in [-0.4, -0.2) is 36.5 Å². The number of rotatable bonds is 7. The quantitative estimate of drug-likeness (QED) is 0.530. The van der Waals surface area contributed by atoms with Crippen molar-refractivity contribution in [3.63, 3.8) is 0 Å². The Kier molecular flexibility index (Phi) is 6.22. The Labute approximate surface area is 102 Å². The normalized spacial score (nSPS) is 10.9. The molecule has 1 aromatic carbocycles. The van der Waals surface area contributed by atoms with Gasteiger partial charge in [0.2, 0.25) is 0 Å². The molecule has 1 rings (SSSR count). The van der Waals surface area contributed by atoms with Gasteiger partial charge < -0.3 is 19.5 Å². The SMILES string of the molecule is CC(C)OCCOCc1ccccc1B(O)O. The van der Waals surface area contributed by atoms with E-state index < -0.39 is 7.12 Å². The summed E-state index contributed by atoms with van der Waals surface area (Å²) in [6.45, 7) is 5.33. The number of hydrogen-bond acceptors (Lipinski definition) is 4. The van der Waals surface area contributed by atoms with E-state index in [1.807, 2.05) is 26.0 Å². The molecule has 0 unspecified atom stereocenters. The molecule has 0 atom stereocenters. The topological polar surface area (TPSA) is 58.9 Å². The van der Waals surface area contributed by atoms with Crippen LogP contribution in [0.5, 0.6) is 0 Å². The van der Waals surface area contributed by atoms with Crippen LogP contribution in [0.2, 0.25) is 0 Å². The van der Waals surface area contributed by atoms with Gasteiger partial charge in [-0.1, -0.05) is 24.3 Å². The van der Waals surface area contributed by atoms with Crippen molar-refractivity contribution in [3.05, 3.63) is 29.8 Å². The zero-order valence-corrected chi connectivity index (χ0v) is 10.3. The summed E-state index contributed by atoms with van der Waals surface area (Å²) in [5.74, 6) is 0. The van der Waals surface area contributed by atoms with Crippen LogP contribution in [0.25, 0.3) is 0 Å². The summed E-state index contributed by atoms with van der Waals surface area (Å²) in [6, 6.07) is 7.10. The molecule has 0 amide bonds. The first-order valence-electron chi connectivity index (χ1n) is 5.74. The molecule has 0 aliphatic rings. The summed E-state index contributed by atoms with van der Waals surface area (Å²) in [6.07, 6.45) is 0.199. The Morgan fingerprint density at radius 3 is 2.53 bits per heavy atom. The Balaban J connectivity index is 2.36. The number of benzene rings is 1. The summed E-state index contributed by atoms with van der Waals surface area (Å²) < 4.78 is 10.7. The van der Waals surface area contributed by atoms with Gasteiger partial charge in [0.15, 0.2) is 0 Å². The first-order valence-corrected chi connectivity index (χ1v) is 5.74. The van der Waals surface area contributed by atoms with Crippen LogP contribution in [0.3, 0.4) is 0 Å². The smallest absolute Gasteiger partial charge is 0.423 e. The molecule has 2 N–H and O–H groups in total. The van der Waals surface area contributed by atoms with Crippen molar-refractivity contribution < 1.29 is 19.5 Å². The number of ether oxygens (including phenoxy) is 2. The van der Waals surface area contributed by atoms with Gasteiger partial charge in [-0.05, 0) is 24.9 Å². The van der Waals surface area contributed by atoms with Crippen LogP contribution in [0.15, 0.2) is 24.3 Å². The lowest BCUT2D eigenvalue weighted by atomic mass is 9.77. The summed E-state index contributed by atoms with van der Waals surface area (Å²) in [5.41, 5.74) is 1.27. The zero-order chi connectivity index (χ0) is 12.7. The Hall–Kier alpha value is -0.875. The molecule has 0 aliphatic carbocycles. The van der Waals surface area contributed by atoms with E-state index in [1.54, 1.807) is 12.1 Å². The second-order valence-corrected chi connectivity index (χ2v) is 4.04. The monoisotopic (exact) mass is 238 g/mol. The molecular formula is C12H19BO4. The molecule has 0 radical (unpaired) electrons. The highest BCUT2D eigenvalue weighted by Crippen LogP contribution is 2.00. The third-order valence-corrected chi connectivity index (χ3v) is 2.27. The first-order chi connectivity index (χ1) is 8.11. The van der Waals surface area contributed by atoms with Gasteiger partial charge >= 0.3 is 7.12 Å². The van der Waals surface area contributed by atoms with Crippen LogP contribution in [-0.2, 0) is 16.1 Å². The van der Waals surface area contributed by atoms with Gasteiger partial charge in [0, 0.05) is 0 Å². The van der Waals surface area contributed by atoms with Crippen LogP contribution >= 0.6 is 0 Å². The molecule has 94 valence electrons. The van der Waals surface area contributed by atoms with Crippen molar-refractivity contribution in [1.82, 2.24) is 0 Å². The first kappa shape index (κ1) is 14.2. The van der Waals surface area contributed by atoms with E-state index in [-0.39, 0.29) is 6.10 Å². The van der Waals surface area contributed by atoms with E-state index in [2.05, 4.69) is 0 Å². The highest BCUT2D eigenvalue weighted by atomic mass is 16.5. The summed E-state index contributed by atoms with van der Waals surface area (Å²) in [7, 11) is -1.46. The van der Waals surface area contributed by atoms with E-state index in [4.69, 9.17) is 19.5 Å². The van der Waals surface area contributed by atoms with Crippen molar-refractivity contribution in [1.29, 1.82) is 0 Å². The van der Waals surface area contributed by atoms with Crippen molar-refractivity contribution in [2.24, 2.45) is 0 Å². The molecule has 0 fully saturated rings. The molecule has 0 bridgehead atoms. The lowest BCUT2D eigenvalue weighted by Gasteiger charge is -2.10. The predicted molar refractivity (Wildman–Crippen MR) is 67.0 cm³/mol. The highest BCUT2D eigenvalue weighted by Gasteiger charge is 2.14. The van der Waals surface area contributed by atoms with E-state index in [1.165, 1.54) is 0 Å². The molecular weight excluding hydrogens is 219 g/mol. The zero-order valence-electron chi connectivity index (χ0n) is 10.3. The minimum absolute atomic E-state index is 0.199. The lowest BCUT2D eigenvalue weighted by molar-refractivity contribution is 0.0144. The molecule has 0 aliphatic heterocycles. The highest BCUT2D eigenvalue weighted by molar-refractivity contribution is 6.59. The Morgan fingerprint density at radius 1 is 1.18 bits per heavy atom. The molecule has 0 heterocycles. The fourth-order valence-corrected chi connectivity index (χ4v) is 1.44. The largest absolute Gasteiger partial charge is 0.488 e. The van der Waals surface area contributed by atoms with Gasteiger partial charge in [0.1, 0.15) is 0 Å². The molecule has 0 saturated carbocycles. The summed E-state index contributed by atoms with van der Waals surface area (Å²) in [5, 5.41) is 18.3. The van der Waals surface area contributed by atoms with E-state index >= 15 is 0 Å². The van der Waals surface area contributed by atoms with E-state index in [9.17, 15) is 0 Å². The van der Waals surface area contributed by atoms with Crippen molar-refractivity contribution in [2.75, 3.05) is 13.2 Å². The van der Waals surface area contributed by atoms with Gasteiger partial charge in [0.25, 0.3) is 0 Å². The van der Waals surface area contributed by atoms with Crippen LogP contribution < -0.4 is 5.46 Å². The predicted octanol–water partition coefficient (Wildman–Crippen LogP) is 0.308. The fraction of sp³-hybridized carbons (Fsp3) is 0.500. The molecule has 1 aromatic rings. The molecule has 17 heavy (non-hydrogen) atoms. The summed E-state index contributed by atoms with van der Waals surface area (Å²) in [4.78, 5) is 0. The maximum atomic E-state index is 9.16. The van der Waals surface area contributed by atoms with E-state index in [0.29, 0.717) is 25.3 Å². The maximum Gasteiger partial charge on any atom is 0.488 e. The summed E-state index contributed by atoms with van der Waals surface area (Å²) >= 11 is 0. The molecule has 5 heteroatoms. The molecule has 4 nitrogen and oxygen atoms in total. The molecule has 0 aromatic heterocycles. The van der Waals surface area contributed by atoms with Gasteiger partial charge in [-0.25, -0.2) is 0 Å². The average molecular weight is 238 g/mol. The Morgan fingerprint density at radius 2 is 1.88 bits per heavy atom. The van der Waals surface area contributed by atoms with Crippen LogP contribution in [0.1, 0.15) is 19.4 Å². The minimum atomic E-state index is -1.46. The minimum Gasteiger partial charge on any atom is -0.423 e. The average Bonchev–Trinajstić information content (AvgIpc) is 2.28. The third-order valence-electron chi connectivity index (χ3n) is 2.27. The second-order valence-electron chi connectivity index (χ2n) is 4.04. The van der Waals surface area contributed by atoms with Crippen LogP contribution in [0.4, 0.5) is 0 Å². The Bertz CT molecular complexity index is 328. The fourth-order valence-electron chi connectivity index (χ4n) is 1.44. The van der Waals surface area contributed by atoms with Gasteiger partial charge in [-0.3, -0.25) is 0 Å².